The Hall–Kier alpha value is -4.41. The molecule has 3 heterocycles. The Morgan fingerprint density at radius 2 is 1.81 bits per heavy atom. The SMILES string of the molecule is O=C(CCc1ccc(C(F)(F)F)cc1)NCC1=NN=C2C1c1ccccc1C(=O)N2Cc1ccncn1. The first-order valence-electron chi connectivity index (χ1n) is 11.5. The quantitative estimate of drug-likeness (QED) is 0.528. The van der Waals surface area contributed by atoms with Crippen LogP contribution in [0.3, 0.4) is 0 Å². The molecule has 5 rings (SSSR count). The van der Waals surface area contributed by atoms with Gasteiger partial charge in [-0.3, -0.25) is 14.5 Å². The van der Waals surface area contributed by atoms with E-state index >= 15 is 0 Å². The monoisotopic (exact) mass is 506 g/mol. The van der Waals surface area contributed by atoms with Gasteiger partial charge in [0.15, 0.2) is 0 Å². The van der Waals surface area contributed by atoms with Crippen LogP contribution in [-0.4, -0.2) is 44.8 Å². The largest absolute Gasteiger partial charge is 0.416 e. The molecule has 1 N–H and O–H groups in total. The molecule has 11 heteroatoms. The Morgan fingerprint density at radius 1 is 1.03 bits per heavy atom. The fourth-order valence-electron chi connectivity index (χ4n) is 4.36. The number of halogens is 3. The fourth-order valence-corrected chi connectivity index (χ4v) is 4.36. The van der Waals surface area contributed by atoms with E-state index in [9.17, 15) is 22.8 Å². The molecular formula is C26H21F3N6O2. The topological polar surface area (TPSA) is 99.9 Å². The molecule has 0 aliphatic carbocycles. The number of nitrogens with zero attached hydrogens (tertiary/aromatic N) is 5. The molecule has 2 aliphatic rings. The number of rotatable bonds is 7. The molecule has 0 fully saturated rings. The molecule has 1 unspecified atom stereocenters. The highest BCUT2D eigenvalue weighted by molar-refractivity contribution is 6.24. The smallest absolute Gasteiger partial charge is 0.351 e. The summed E-state index contributed by atoms with van der Waals surface area (Å²) in [5.41, 5.74) is 2.44. The molecule has 0 bridgehead atoms. The standard InChI is InChI=1S/C26H21F3N6O2/c27-26(28,29)17-8-5-16(6-9-17)7-10-22(36)31-13-21-23-19-3-1-2-4-20(19)25(37)35(24(23)34-33-21)14-18-11-12-30-15-32-18/h1-6,8-9,11-12,15,23H,7,10,13-14H2,(H,31,36). The van der Waals surface area contributed by atoms with Gasteiger partial charge in [0.05, 0.1) is 36.0 Å². The van der Waals surface area contributed by atoms with E-state index < -0.39 is 17.7 Å². The molecular weight excluding hydrogens is 485 g/mol. The summed E-state index contributed by atoms with van der Waals surface area (Å²) in [5.74, 6) is -0.405. The van der Waals surface area contributed by atoms with Crippen molar-refractivity contribution in [3.8, 4) is 0 Å². The lowest BCUT2D eigenvalue weighted by Crippen LogP contribution is -2.46. The lowest BCUT2D eigenvalue weighted by atomic mass is 9.85. The second-order valence-electron chi connectivity index (χ2n) is 8.63. The molecule has 188 valence electrons. The third kappa shape index (κ3) is 5.11. The number of carbonyl (C=O) groups is 2. The van der Waals surface area contributed by atoms with Crippen molar-refractivity contribution in [2.45, 2.75) is 31.5 Å². The number of carbonyl (C=O) groups excluding carboxylic acids is 2. The first-order valence-corrected chi connectivity index (χ1v) is 11.5. The van der Waals surface area contributed by atoms with Crippen molar-refractivity contribution >= 4 is 23.4 Å². The fraction of sp³-hybridized carbons (Fsp3) is 0.231. The number of hydrogen-bond acceptors (Lipinski definition) is 6. The molecule has 2 aliphatic heterocycles. The highest BCUT2D eigenvalue weighted by Crippen LogP contribution is 2.35. The Kier molecular flexibility index (Phi) is 6.51. The van der Waals surface area contributed by atoms with Crippen LogP contribution in [0.2, 0.25) is 0 Å². The predicted octanol–water partition coefficient (Wildman–Crippen LogP) is 3.75. The average Bonchev–Trinajstić information content (AvgIpc) is 3.33. The molecule has 0 saturated carbocycles. The summed E-state index contributed by atoms with van der Waals surface area (Å²) in [7, 11) is 0. The van der Waals surface area contributed by atoms with E-state index in [0.717, 1.165) is 17.7 Å². The zero-order valence-corrected chi connectivity index (χ0v) is 19.4. The lowest BCUT2D eigenvalue weighted by Gasteiger charge is -2.33. The minimum absolute atomic E-state index is 0.103. The number of amides is 2. The Labute approximate surface area is 210 Å². The number of aryl methyl sites for hydroxylation is 1. The first-order chi connectivity index (χ1) is 17.8. The number of fused-ring (bicyclic) bond motifs is 3. The Balaban J connectivity index is 1.25. The van der Waals surface area contributed by atoms with E-state index in [0.29, 0.717) is 34.8 Å². The number of benzene rings is 2. The van der Waals surface area contributed by atoms with Gasteiger partial charge in [0.1, 0.15) is 12.2 Å². The maximum Gasteiger partial charge on any atom is 0.416 e. The molecule has 2 amide bonds. The van der Waals surface area contributed by atoms with Crippen molar-refractivity contribution in [2.75, 3.05) is 6.54 Å². The molecule has 1 aromatic heterocycles. The van der Waals surface area contributed by atoms with Crippen LogP contribution in [0.15, 0.2) is 77.3 Å². The first kappa shape index (κ1) is 24.3. The van der Waals surface area contributed by atoms with E-state index in [-0.39, 0.29) is 31.3 Å². The van der Waals surface area contributed by atoms with Gasteiger partial charge in [-0.2, -0.15) is 18.3 Å². The zero-order valence-electron chi connectivity index (χ0n) is 19.4. The number of amidine groups is 1. The van der Waals surface area contributed by atoms with Crippen LogP contribution >= 0.6 is 0 Å². The summed E-state index contributed by atoms with van der Waals surface area (Å²) >= 11 is 0. The third-order valence-corrected chi connectivity index (χ3v) is 6.25. The van der Waals surface area contributed by atoms with Gasteiger partial charge in [-0.1, -0.05) is 30.3 Å². The molecule has 0 radical (unpaired) electrons. The normalized spacial score (nSPS) is 16.6. The summed E-state index contributed by atoms with van der Waals surface area (Å²) in [6.07, 6.45) is -0.988. The minimum atomic E-state index is -4.40. The van der Waals surface area contributed by atoms with Crippen LogP contribution in [-0.2, 0) is 23.9 Å². The van der Waals surface area contributed by atoms with Crippen molar-refractivity contribution in [2.24, 2.45) is 10.2 Å². The van der Waals surface area contributed by atoms with Crippen molar-refractivity contribution in [1.82, 2.24) is 20.2 Å². The van der Waals surface area contributed by atoms with Crippen molar-refractivity contribution in [3.63, 3.8) is 0 Å². The zero-order chi connectivity index (χ0) is 26.0. The lowest BCUT2D eigenvalue weighted by molar-refractivity contribution is -0.137. The van der Waals surface area contributed by atoms with Gasteiger partial charge in [0.2, 0.25) is 5.91 Å². The van der Waals surface area contributed by atoms with Crippen molar-refractivity contribution in [3.05, 3.63) is 95.1 Å². The summed E-state index contributed by atoms with van der Waals surface area (Å²) in [5, 5.41) is 11.4. The minimum Gasteiger partial charge on any atom is -0.351 e. The molecule has 2 aromatic carbocycles. The van der Waals surface area contributed by atoms with E-state index in [2.05, 4.69) is 25.5 Å². The molecule has 1 atom stereocenters. The van der Waals surface area contributed by atoms with Crippen LogP contribution in [0.1, 0.15) is 45.1 Å². The van der Waals surface area contributed by atoms with Gasteiger partial charge in [-0.25, -0.2) is 9.97 Å². The van der Waals surface area contributed by atoms with Crippen molar-refractivity contribution < 1.29 is 22.8 Å². The van der Waals surface area contributed by atoms with Crippen LogP contribution in [0.25, 0.3) is 0 Å². The summed E-state index contributed by atoms with van der Waals surface area (Å²) < 4.78 is 38.2. The van der Waals surface area contributed by atoms with Crippen LogP contribution in [0, 0.1) is 0 Å². The van der Waals surface area contributed by atoms with Gasteiger partial charge < -0.3 is 5.32 Å². The van der Waals surface area contributed by atoms with Crippen LogP contribution < -0.4 is 5.32 Å². The van der Waals surface area contributed by atoms with Gasteiger partial charge in [-0.15, -0.1) is 5.10 Å². The molecule has 8 nitrogen and oxygen atoms in total. The molecule has 37 heavy (non-hydrogen) atoms. The average molecular weight is 506 g/mol. The Morgan fingerprint density at radius 3 is 2.54 bits per heavy atom. The van der Waals surface area contributed by atoms with E-state index in [1.807, 2.05) is 12.1 Å². The number of hydrogen-bond donors (Lipinski definition) is 1. The van der Waals surface area contributed by atoms with Crippen LogP contribution in [0.5, 0.6) is 0 Å². The van der Waals surface area contributed by atoms with E-state index in [4.69, 9.17) is 0 Å². The maximum absolute atomic E-state index is 13.3. The number of alkyl halides is 3. The number of nitrogens with one attached hydrogen (secondary N) is 1. The highest BCUT2D eigenvalue weighted by atomic mass is 19.4. The number of aromatic nitrogens is 2. The van der Waals surface area contributed by atoms with Gasteiger partial charge in [0.25, 0.3) is 5.91 Å². The van der Waals surface area contributed by atoms with Gasteiger partial charge >= 0.3 is 6.18 Å². The third-order valence-electron chi connectivity index (χ3n) is 6.25. The Bertz CT molecular complexity index is 1390. The van der Waals surface area contributed by atoms with E-state index in [1.165, 1.54) is 23.4 Å². The summed E-state index contributed by atoms with van der Waals surface area (Å²) in [6, 6.07) is 13.7. The molecule has 0 saturated heterocycles. The predicted molar refractivity (Wildman–Crippen MR) is 129 cm³/mol. The van der Waals surface area contributed by atoms with E-state index in [1.54, 1.807) is 24.4 Å². The molecule has 0 spiro atoms. The van der Waals surface area contributed by atoms with Crippen molar-refractivity contribution in [1.29, 1.82) is 0 Å². The molecule has 3 aromatic rings. The van der Waals surface area contributed by atoms with Gasteiger partial charge in [-0.05, 0) is 41.8 Å². The van der Waals surface area contributed by atoms with Gasteiger partial charge in [0, 0.05) is 18.2 Å². The highest BCUT2D eigenvalue weighted by Gasteiger charge is 2.42. The second kappa shape index (κ2) is 9.92. The van der Waals surface area contributed by atoms with Crippen LogP contribution in [0.4, 0.5) is 13.2 Å². The second-order valence-corrected chi connectivity index (χ2v) is 8.63. The summed E-state index contributed by atoms with van der Waals surface area (Å²) in [6.45, 7) is 0.320. The summed E-state index contributed by atoms with van der Waals surface area (Å²) in [4.78, 5) is 35.4. The maximum atomic E-state index is 13.3.